The lowest BCUT2D eigenvalue weighted by atomic mass is 10.2. The Hall–Kier alpha value is -0.700. The SMILES string of the molecule is C=CCC(/C=C\C)OC(F)F. The van der Waals surface area contributed by atoms with Crippen LogP contribution in [-0.2, 0) is 4.74 Å². The summed E-state index contributed by atoms with van der Waals surface area (Å²) in [5, 5.41) is 0. The van der Waals surface area contributed by atoms with Crippen LogP contribution in [0.2, 0.25) is 0 Å². The maximum Gasteiger partial charge on any atom is 0.345 e. The fraction of sp³-hybridized carbons (Fsp3) is 0.500. The van der Waals surface area contributed by atoms with Gasteiger partial charge in [0.05, 0.1) is 6.10 Å². The second-order valence-corrected chi connectivity index (χ2v) is 1.99. The van der Waals surface area contributed by atoms with E-state index in [1.165, 1.54) is 0 Å². The Morgan fingerprint density at radius 1 is 1.55 bits per heavy atom. The van der Waals surface area contributed by atoms with E-state index in [1.807, 2.05) is 0 Å². The number of alkyl halides is 2. The zero-order valence-corrected chi connectivity index (χ0v) is 6.47. The van der Waals surface area contributed by atoms with E-state index in [0.717, 1.165) is 0 Å². The number of hydrogen-bond acceptors (Lipinski definition) is 1. The van der Waals surface area contributed by atoms with E-state index in [1.54, 1.807) is 25.2 Å². The maximum atomic E-state index is 11.6. The standard InChI is InChI=1S/C8H12F2O/c1-3-5-7(6-4-2)11-8(9)10/h3-4,6-8H,1,5H2,2H3/b6-4-. The highest BCUT2D eigenvalue weighted by Crippen LogP contribution is 2.07. The molecule has 0 radical (unpaired) electrons. The fourth-order valence-electron chi connectivity index (χ4n) is 0.691. The van der Waals surface area contributed by atoms with Crippen LogP contribution in [0.4, 0.5) is 8.78 Å². The van der Waals surface area contributed by atoms with E-state index in [-0.39, 0.29) is 0 Å². The van der Waals surface area contributed by atoms with Crippen LogP contribution >= 0.6 is 0 Å². The first-order valence-corrected chi connectivity index (χ1v) is 3.38. The zero-order valence-electron chi connectivity index (χ0n) is 6.47. The van der Waals surface area contributed by atoms with Crippen LogP contribution in [0.3, 0.4) is 0 Å². The van der Waals surface area contributed by atoms with E-state index in [2.05, 4.69) is 11.3 Å². The summed E-state index contributed by atoms with van der Waals surface area (Å²) in [7, 11) is 0. The van der Waals surface area contributed by atoms with Gasteiger partial charge in [-0.2, -0.15) is 8.78 Å². The van der Waals surface area contributed by atoms with Gasteiger partial charge < -0.3 is 4.74 Å². The molecule has 1 unspecified atom stereocenters. The van der Waals surface area contributed by atoms with Crippen molar-refractivity contribution < 1.29 is 13.5 Å². The molecular weight excluding hydrogens is 150 g/mol. The lowest BCUT2D eigenvalue weighted by molar-refractivity contribution is -0.148. The predicted octanol–water partition coefficient (Wildman–Crippen LogP) is 2.75. The molecule has 0 spiro atoms. The Bertz CT molecular complexity index is 132. The van der Waals surface area contributed by atoms with Gasteiger partial charge in [-0.3, -0.25) is 0 Å². The molecule has 11 heavy (non-hydrogen) atoms. The summed E-state index contributed by atoms with van der Waals surface area (Å²) in [5.74, 6) is 0. The molecule has 0 amide bonds. The minimum atomic E-state index is -2.71. The van der Waals surface area contributed by atoms with Gasteiger partial charge in [-0.15, -0.1) is 6.58 Å². The van der Waals surface area contributed by atoms with E-state index in [4.69, 9.17) is 0 Å². The minimum Gasteiger partial charge on any atom is -0.315 e. The Labute approximate surface area is 65.4 Å². The molecule has 0 aliphatic carbocycles. The van der Waals surface area contributed by atoms with Crippen LogP contribution in [0.1, 0.15) is 13.3 Å². The molecule has 64 valence electrons. The van der Waals surface area contributed by atoms with Crippen molar-refractivity contribution in [3.05, 3.63) is 24.8 Å². The number of halogens is 2. The number of rotatable bonds is 5. The van der Waals surface area contributed by atoms with Gasteiger partial charge in [0, 0.05) is 0 Å². The van der Waals surface area contributed by atoms with Crippen LogP contribution in [0.15, 0.2) is 24.8 Å². The average molecular weight is 162 g/mol. The van der Waals surface area contributed by atoms with Gasteiger partial charge in [0.2, 0.25) is 0 Å². The van der Waals surface area contributed by atoms with Crippen LogP contribution in [0, 0.1) is 0 Å². The average Bonchev–Trinajstić information content (AvgIpc) is 1.87. The molecule has 0 heterocycles. The first kappa shape index (κ1) is 10.3. The van der Waals surface area contributed by atoms with Gasteiger partial charge in [0.15, 0.2) is 0 Å². The normalized spacial score (nSPS) is 14.2. The Balaban J connectivity index is 3.78. The van der Waals surface area contributed by atoms with Crippen molar-refractivity contribution in [2.24, 2.45) is 0 Å². The first-order valence-electron chi connectivity index (χ1n) is 3.38. The van der Waals surface area contributed by atoms with Crippen LogP contribution < -0.4 is 0 Å². The van der Waals surface area contributed by atoms with Crippen LogP contribution in [-0.4, -0.2) is 12.7 Å². The summed E-state index contributed by atoms with van der Waals surface area (Å²) in [6.45, 7) is 2.47. The molecule has 0 rings (SSSR count). The first-order chi connectivity index (χ1) is 5.20. The Kier molecular flexibility index (Phi) is 5.65. The van der Waals surface area contributed by atoms with Crippen molar-refractivity contribution in [2.75, 3.05) is 0 Å². The molecule has 0 aromatic rings. The highest BCUT2D eigenvalue weighted by Gasteiger charge is 2.09. The summed E-state index contributed by atoms with van der Waals surface area (Å²) < 4.78 is 27.5. The maximum absolute atomic E-state index is 11.6. The molecule has 0 N–H and O–H groups in total. The van der Waals surface area contributed by atoms with Gasteiger partial charge in [-0.05, 0) is 13.3 Å². The molecule has 0 fully saturated rings. The Morgan fingerprint density at radius 3 is 2.55 bits per heavy atom. The van der Waals surface area contributed by atoms with Gasteiger partial charge in [-0.25, -0.2) is 0 Å². The fourth-order valence-corrected chi connectivity index (χ4v) is 0.691. The zero-order chi connectivity index (χ0) is 8.69. The Morgan fingerprint density at radius 2 is 2.18 bits per heavy atom. The lowest BCUT2D eigenvalue weighted by Gasteiger charge is -2.09. The van der Waals surface area contributed by atoms with Crippen LogP contribution in [0.25, 0.3) is 0 Å². The topological polar surface area (TPSA) is 9.23 Å². The van der Waals surface area contributed by atoms with E-state index >= 15 is 0 Å². The van der Waals surface area contributed by atoms with Crippen molar-refractivity contribution in [3.8, 4) is 0 Å². The lowest BCUT2D eigenvalue weighted by Crippen LogP contribution is -2.12. The third-order valence-corrected chi connectivity index (χ3v) is 1.08. The summed E-state index contributed by atoms with van der Waals surface area (Å²) >= 11 is 0. The second-order valence-electron chi connectivity index (χ2n) is 1.99. The van der Waals surface area contributed by atoms with Crippen molar-refractivity contribution in [2.45, 2.75) is 26.1 Å². The minimum absolute atomic E-state index is 0.411. The van der Waals surface area contributed by atoms with Crippen molar-refractivity contribution in [3.63, 3.8) is 0 Å². The highest BCUT2D eigenvalue weighted by atomic mass is 19.3. The quantitative estimate of drug-likeness (QED) is 0.565. The molecule has 0 aliphatic heterocycles. The van der Waals surface area contributed by atoms with Gasteiger partial charge in [0.1, 0.15) is 0 Å². The van der Waals surface area contributed by atoms with E-state index < -0.39 is 12.7 Å². The van der Waals surface area contributed by atoms with Gasteiger partial charge >= 0.3 is 6.61 Å². The summed E-state index contributed by atoms with van der Waals surface area (Å²) in [6, 6.07) is 0. The molecular formula is C8H12F2O. The van der Waals surface area contributed by atoms with E-state index in [0.29, 0.717) is 6.42 Å². The van der Waals surface area contributed by atoms with Crippen molar-refractivity contribution >= 4 is 0 Å². The summed E-state index contributed by atoms with van der Waals surface area (Å²) in [5.41, 5.74) is 0. The highest BCUT2D eigenvalue weighted by molar-refractivity contribution is 4.90. The molecule has 1 nitrogen and oxygen atoms in total. The van der Waals surface area contributed by atoms with E-state index in [9.17, 15) is 8.78 Å². The summed E-state index contributed by atoms with van der Waals surface area (Å²) in [4.78, 5) is 0. The van der Waals surface area contributed by atoms with Gasteiger partial charge in [-0.1, -0.05) is 18.2 Å². The second kappa shape index (κ2) is 6.04. The monoisotopic (exact) mass is 162 g/mol. The summed E-state index contributed by atoms with van der Waals surface area (Å²) in [6.07, 6.45) is 4.67. The van der Waals surface area contributed by atoms with Crippen molar-refractivity contribution in [1.29, 1.82) is 0 Å². The predicted molar refractivity (Wildman–Crippen MR) is 40.5 cm³/mol. The molecule has 0 saturated carbocycles. The molecule has 1 atom stereocenters. The molecule has 0 aliphatic rings. The molecule has 3 heteroatoms. The number of ether oxygens (including phenoxy) is 1. The third kappa shape index (κ3) is 5.73. The van der Waals surface area contributed by atoms with Gasteiger partial charge in [0.25, 0.3) is 0 Å². The largest absolute Gasteiger partial charge is 0.345 e. The molecule has 0 aromatic heterocycles. The number of allylic oxidation sites excluding steroid dienone is 1. The van der Waals surface area contributed by atoms with Crippen molar-refractivity contribution in [1.82, 2.24) is 0 Å². The third-order valence-electron chi connectivity index (χ3n) is 1.08. The smallest absolute Gasteiger partial charge is 0.315 e. The molecule has 0 bridgehead atoms. The molecule has 0 saturated heterocycles. The number of hydrogen-bond donors (Lipinski definition) is 0. The van der Waals surface area contributed by atoms with Crippen LogP contribution in [0.5, 0.6) is 0 Å². The molecule has 0 aromatic carbocycles.